The molecule has 21 heavy (non-hydrogen) atoms. The molecule has 1 amide bonds. The van der Waals surface area contributed by atoms with Gasteiger partial charge in [0.1, 0.15) is 0 Å². The fraction of sp³-hybridized carbons (Fsp3) is 0.733. The van der Waals surface area contributed by atoms with Crippen molar-refractivity contribution in [3.8, 4) is 0 Å². The van der Waals surface area contributed by atoms with Crippen molar-refractivity contribution in [2.45, 2.75) is 32.8 Å². The maximum absolute atomic E-state index is 12.6. The van der Waals surface area contributed by atoms with E-state index in [1.165, 1.54) is 0 Å². The van der Waals surface area contributed by atoms with Crippen molar-refractivity contribution in [1.29, 1.82) is 0 Å². The zero-order valence-electron chi connectivity index (χ0n) is 13.5. The normalized spacial score (nSPS) is 17.3. The number of piperazine rings is 1. The van der Waals surface area contributed by atoms with Gasteiger partial charge in [0, 0.05) is 46.0 Å². The van der Waals surface area contributed by atoms with Gasteiger partial charge in [0.25, 0.3) is 5.91 Å². The summed E-state index contributed by atoms with van der Waals surface area (Å²) in [6.07, 6.45) is 2.57. The van der Waals surface area contributed by atoms with E-state index in [1.54, 1.807) is 4.68 Å². The Kier molecular flexibility index (Phi) is 4.68. The van der Waals surface area contributed by atoms with Gasteiger partial charge in [0.05, 0.1) is 16.9 Å². The van der Waals surface area contributed by atoms with Gasteiger partial charge >= 0.3 is 0 Å². The van der Waals surface area contributed by atoms with Gasteiger partial charge in [0.2, 0.25) is 0 Å². The Balaban J connectivity index is 1.97. The molecule has 6 nitrogen and oxygen atoms in total. The van der Waals surface area contributed by atoms with Crippen molar-refractivity contribution in [2.75, 3.05) is 32.7 Å². The molecule has 1 saturated heterocycles. The van der Waals surface area contributed by atoms with E-state index < -0.39 is 5.60 Å². The molecule has 0 atom stereocenters. The van der Waals surface area contributed by atoms with Crippen LogP contribution < -0.4 is 0 Å². The van der Waals surface area contributed by atoms with Crippen LogP contribution in [0.25, 0.3) is 0 Å². The van der Waals surface area contributed by atoms with Crippen LogP contribution in [0.15, 0.2) is 6.20 Å². The lowest BCUT2D eigenvalue weighted by Crippen LogP contribution is -2.52. The smallest absolute Gasteiger partial charge is 0.257 e. The van der Waals surface area contributed by atoms with Crippen LogP contribution >= 0.6 is 0 Å². The molecule has 2 heterocycles. The molecule has 1 N–H and O–H groups in total. The molecule has 118 valence electrons. The van der Waals surface area contributed by atoms with E-state index >= 15 is 0 Å². The Hall–Kier alpha value is -1.40. The number of hydrogen-bond donors (Lipinski definition) is 1. The minimum Gasteiger partial charge on any atom is -0.389 e. The van der Waals surface area contributed by atoms with Gasteiger partial charge in [-0.2, -0.15) is 5.10 Å². The molecule has 1 aromatic rings. The minimum atomic E-state index is -0.690. The van der Waals surface area contributed by atoms with Crippen molar-refractivity contribution in [1.82, 2.24) is 19.6 Å². The van der Waals surface area contributed by atoms with Crippen molar-refractivity contribution in [2.24, 2.45) is 7.05 Å². The molecule has 1 fully saturated rings. The molecule has 1 aliphatic rings. The third-order valence-corrected chi connectivity index (χ3v) is 3.74. The number of aliphatic hydroxyl groups is 1. The van der Waals surface area contributed by atoms with E-state index in [-0.39, 0.29) is 5.91 Å². The van der Waals surface area contributed by atoms with Crippen LogP contribution in [0.2, 0.25) is 0 Å². The molecule has 0 aromatic carbocycles. The minimum absolute atomic E-state index is 0.0721. The number of nitrogens with zero attached hydrogens (tertiary/aromatic N) is 4. The average Bonchev–Trinajstić information content (AvgIpc) is 2.78. The molecular formula is C15H26N4O2. The van der Waals surface area contributed by atoms with Gasteiger partial charge in [-0.25, -0.2) is 0 Å². The lowest BCUT2D eigenvalue weighted by atomic mass is 10.1. The molecule has 0 saturated carbocycles. The van der Waals surface area contributed by atoms with Crippen LogP contribution in [0.5, 0.6) is 0 Å². The highest BCUT2D eigenvalue weighted by Crippen LogP contribution is 2.14. The lowest BCUT2D eigenvalue weighted by Gasteiger charge is -2.37. The molecule has 0 unspecified atom stereocenters. The summed E-state index contributed by atoms with van der Waals surface area (Å²) >= 11 is 0. The standard InChI is InChI=1S/C15H26N4O2/c1-5-13-12(10-17(4)16-13)14(20)19-8-6-18(7-9-19)11-15(2,3)21/h10,21H,5-9,11H2,1-4H3. The summed E-state index contributed by atoms with van der Waals surface area (Å²) < 4.78 is 1.70. The van der Waals surface area contributed by atoms with Gasteiger partial charge in [0.15, 0.2) is 0 Å². The van der Waals surface area contributed by atoms with Gasteiger partial charge in [-0.15, -0.1) is 0 Å². The maximum atomic E-state index is 12.6. The van der Waals surface area contributed by atoms with Crippen molar-refractivity contribution < 1.29 is 9.90 Å². The number of carbonyl (C=O) groups is 1. The molecule has 2 rings (SSSR count). The van der Waals surface area contributed by atoms with E-state index in [0.29, 0.717) is 19.6 Å². The fourth-order valence-corrected chi connectivity index (χ4v) is 2.80. The second kappa shape index (κ2) is 6.15. The van der Waals surface area contributed by atoms with Crippen LogP contribution in [0, 0.1) is 0 Å². The van der Waals surface area contributed by atoms with E-state index in [4.69, 9.17) is 0 Å². The first-order valence-corrected chi connectivity index (χ1v) is 7.56. The SMILES string of the molecule is CCc1nn(C)cc1C(=O)N1CCN(CC(C)(C)O)CC1. The quantitative estimate of drug-likeness (QED) is 0.879. The number of rotatable bonds is 4. The molecule has 6 heteroatoms. The molecule has 0 aliphatic carbocycles. The Morgan fingerprint density at radius 2 is 1.95 bits per heavy atom. The molecule has 1 aliphatic heterocycles. The Bertz CT molecular complexity index is 496. The Morgan fingerprint density at radius 3 is 2.48 bits per heavy atom. The van der Waals surface area contributed by atoms with E-state index in [0.717, 1.165) is 30.8 Å². The topological polar surface area (TPSA) is 61.6 Å². The Morgan fingerprint density at radius 1 is 1.33 bits per heavy atom. The second-order valence-corrected chi connectivity index (χ2v) is 6.40. The van der Waals surface area contributed by atoms with Gasteiger partial charge in [-0.05, 0) is 20.3 Å². The second-order valence-electron chi connectivity index (χ2n) is 6.40. The Labute approximate surface area is 126 Å². The molecule has 0 bridgehead atoms. The summed E-state index contributed by atoms with van der Waals surface area (Å²) in [6, 6.07) is 0. The highest BCUT2D eigenvalue weighted by atomic mass is 16.3. The number of hydrogen-bond acceptors (Lipinski definition) is 4. The number of amides is 1. The summed E-state index contributed by atoms with van der Waals surface area (Å²) in [5, 5.41) is 14.2. The third kappa shape index (κ3) is 4.04. The molecule has 0 spiro atoms. The largest absolute Gasteiger partial charge is 0.389 e. The van der Waals surface area contributed by atoms with Crippen molar-refractivity contribution >= 4 is 5.91 Å². The summed E-state index contributed by atoms with van der Waals surface area (Å²) in [4.78, 5) is 16.7. The molecule has 0 radical (unpaired) electrons. The first-order chi connectivity index (χ1) is 9.80. The summed E-state index contributed by atoms with van der Waals surface area (Å²) in [6.45, 7) is 9.29. The van der Waals surface area contributed by atoms with E-state index in [1.807, 2.05) is 38.9 Å². The predicted octanol–water partition coefficient (Wildman–Crippen LogP) is 0.511. The van der Waals surface area contributed by atoms with Crippen LogP contribution in [0.3, 0.4) is 0 Å². The van der Waals surface area contributed by atoms with Crippen LogP contribution in [-0.4, -0.2) is 68.9 Å². The fourth-order valence-electron chi connectivity index (χ4n) is 2.80. The zero-order chi connectivity index (χ0) is 15.6. The molecular weight excluding hydrogens is 268 g/mol. The number of aromatic nitrogens is 2. The highest BCUT2D eigenvalue weighted by molar-refractivity contribution is 5.95. The maximum Gasteiger partial charge on any atom is 0.257 e. The number of aryl methyl sites for hydroxylation is 2. The molecule has 1 aromatic heterocycles. The zero-order valence-corrected chi connectivity index (χ0v) is 13.5. The monoisotopic (exact) mass is 294 g/mol. The summed E-state index contributed by atoms with van der Waals surface area (Å²) in [5.41, 5.74) is 0.891. The lowest BCUT2D eigenvalue weighted by molar-refractivity contribution is 0.0178. The van der Waals surface area contributed by atoms with Crippen molar-refractivity contribution in [3.63, 3.8) is 0 Å². The van der Waals surface area contributed by atoms with Gasteiger partial charge in [-0.1, -0.05) is 6.92 Å². The predicted molar refractivity (Wildman–Crippen MR) is 81.2 cm³/mol. The first kappa shape index (κ1) is 16.0. The highest BCUT2D eigenvalue weighted by Gasteiger charge is 2.27. The van der Waals surface area contributed by atoms with Crippen LogP contribution in [-0.2, 0) is 13.5 Å². The van der Waals surface area contributed by atoms with E-state index in [2.05, 4.69) is 10.00 Å². The first-order valence-electron chi connectivity index (χ1n) is 7.56. The summed E-state index contributed by atoms with van der Waals surface area (Å²) in [7, 11) is 1.84. The van der Waals surface area contributed by atoms with Gasteiger partial charge < -0.3 is 10.0 Å². The van der Waals surface area contributed by atoms with Crippen LogP contribution in [0.4, 0.5) is 0 Å². The van der Waals surface area contributed by atoms with E-state index in [9.17, 15) is 9.90 Å². The van der Waals surface area contributed by atoms with Crippen molar-refractivity contribution in [3.05, 3.63) is 17.5 Å². The number of β-amino-alcohol motifs (C(OH)–C–C–N with tert-alkyl or cyclic N) is 1. The number of carbonyl (C=O) groups excluding carboxylic acids is 1. The third-order valence-electron chi connectivity index (χ3n) is 3.74. The van der Waals surface area contributed by atoms with Crippen LogP contribution in [0.1, 0.15) is 36.8 Å². The summed E-state index contributed by atoms with van der Waals surface area (Å²) in [5.74, 6) is 0.0721. The van der Waals surface area contributed by atoms with Gasteiger partial charge in [-0.3, -0.25) is 14.4 Å². The average molecular weight is 294 g/mol.